The number of likely N-dealkylation sites (tertiary alicyclic amines) is 1. The van der Waals surface area contributed by atoms with E-state index in [-0.39, 0.29) is 42.7 Å². The Balaban J connectivity index is 1.71. The number of benzene rings is 2. The molecule has 2 aromatic rings. The Bertz CT molecular complexity index is 994. The number of halogens is 1. The first-order valence-electron chi connectivity index (χ1n) is 10.7. The summed E-state index contributed by atoms with van der Waals surface area (Å²) in [6.45, 7) is 2.05. The molecule has 1 aliphatic rings. The van der Waals surface area contributed by atoms with Gasteiger partial charge in [0.1, 0.15) is 17.6 Å². The summed E-state index contributed by atoms with van der Waals surface area (Å²) in [7, 11) is 0. The van der Waals surface area contributed by atoms with Crippen LogP contribution in [-0.4, -0.2) is 40.4 Å². The van der Waals surface area contributed by atoms with E-state index in [9.17, 15) is 23.9 Å². The summed E-state index contributed by atoms with van der Waals surface area (Å²) >= 11 is 0. The van der Waals surface area contributed by atoms with E-state index >= 15 is 0 Å². The van der Waals surface area contributed by atoms with Gasteiger partial charge in [-0.1, -0.05) is 30.3 Å². The third kappa shape index (κ3) is 5.63. The third-order valence-electron chi connectivity index (χ3n) is 5.44. The number of carbonyl (C=O) groups excluding carboxylic acids is 3. The second-order valence-electron chi connectivity index (χ2n) is 7.63. The number of hydrogen-bond donors (Lipinski definition) is 2. The predicted molar refractivity (Wildman–Crippen MR) is 116 cm³/mol. The smallest absolute Gasteiger partial charge is 0.305 e. The predicted octanol–water partition coefficient (Wildman–Crippen LogP) is 3.55. The van der Waals surface area contributed by atoms with Crippen LogP contribution in [0.2, 0.25) is 0 Å². The van der Waals surface area contributed by atoms with E-state index in [4.69, 9.17) is 4.74 Å². The van der Waals surface area contributed by atoms with E-state index in [0.29, 0.717) is 37.0 Å². The second-order valence-corrected chi connectivity index (χ2v) is 7.63. The van der Waals surface area contributed by atoms with Gasteiger partial charge < -0.3 is 20.1 Å². The second kappa shape index (κ2) is 10.7. The minimum atomic E-state index is -0.769. The van der Waals surface area contributed by atoms with E-state index < -0.39 is 17.8 Å². The zero-order valence-corrected chi connectivity index (χ0v) is 18.0. The van der Waals surface area contributed by atoms with Crippen molar-refractivity contribution in [1.29, 1.82) is 0 Å². The standard InChI is InChI=1S/C24H27FN2O5/c1-2-32-22(30)12-6-9-16-8-5-11-20(28)23(16)26-24(31)19-13-14-21(29)27(19)15-17-7-3-4-10-18(17)25/h3-5,7-8,10-11,19,28H,2,6,9,12-15H2,1H3,(H,26,31)/t19-/m1/s1. The molecule has 0 radical (unpaired) electrons. The fourth-order valence-electron chi connectivity index (χ4n) is 3.82. The van der Waals surface area contributed by atoms with Gasteiger partial charge in [0.25, 0.3) is 0 Å². The van der Waals surface area contributed by atoms with Gasteiger partial charge in [0.15, 0.2) is 0 Å². The molecule has 1 fully saturated rings. The van der Waals surface area contributed by atoms with E-state index in [2.05, 4.69) is 5.32 Å². The average Bonchev–Trinajstić information content (AvgIpc) is 3.12. The molecule has 1 saturated heterocycles. The number of esters is 1. The fourth-order valence-corrected chi connectivity index (χ4v) is 3.82. The van der Waals surface area contributed by atoms with Crippen molar-refractivity contribution in [2.45, 2.75) is 51.6 Å². The highest BCUT2D eigenvalue weighted by atomic mass is 19.1. The Morgan fingerprint density at radius 2 is 1.94 bits per heavy atom. The first-order chi connectivity index (χ1) is 15.4. The monoisotopic (exact) mass is 442 g/mol. The van der Waals surface area contributed by atoms with E-state index in [0.717, 1.165) is 0 Å². The van der Waals surface area contributed by atoms with Crippen LogP contribution in [0.3, 0.4) is 0 Å². The van der Waals surface area contributed by atoms with Gasteiger partial charge in [-0.3, -0.25) is 14.4 Å². The lowest BCUT2D eigenvalue weighted by atomic mass is 10.0. The zero-order valence-electron chi connectivity index (χ0n) is 18.0. The van der Waals surface area contributed by atoms with Crippen LogP contribution in [0.1, 0.15) is 43.7 Å². The zero-order chi connectivity index (χ0) is 23.1. The molecule has 0 bridgehead atoms. The molecular formula is C24H27FN2O5. The van der Waals surface area contributed by atoms with Crippen molar-refractivity contribution in [3.63, 3.8) is 0 Å². The number of phenolic OH excluding ortho intramolecular Hbond substituents is 1. The summed E-state index contributed by atoms with van der Waals surface area (Å²) in [5.74, 6) is -1.50. The summed E-state index contributed by atoms with van der Waals surface area (Å²) in [5, 5.41) is 13.1. The minimum Gasteiger partial charge on any atom is -0.506 e. The molecule has 0 aliphatic carbocycles. The Morgan fingerprint density at radius 1 is 1.19 bits per heavy atom. The molecule has 2 N–H and O–H groups in total. The summed E-state index contributed by atoms with van der Waals surface area (Å²) in [6.07, 6.45) is 1.67. The lowest BCUT2D eigenvalue weighted by molar-refractivity contribution is -0.143. The first-order valence-corrected chi connectivity index (χ1v) is 10.7. The number of nitrogens with zero attached hydrogens (tertiary/aromatic N) is 1. The Labute approximate surface area is 186 Å². The summed E-state index contributed by atoms with van der Waals surface area (Å²) in [4.78, 5) is 38.4. The van der Waals surface area contributed by atoms with Gasteiger partial charge in [0.05, 0.1) is 12.3 Å². The van der Waals surface area contributed by atoms with Crippen molar-refractivity contribution in [1.82, 2.24) is 4.90 Å². The maximum Gasteiger partial charge on any atom is 0.305 e. The molecule has 0 aromatic heterocycles. The Morgan fingerprint density at radius 3 is 2.69 bits per heavy atom. The molecule has 1 heterocycles. The van der Waals surface area contributed by atoms with Gasteiger partial charge in [-0.15, -0.1) is 0 Å². The highest BCUT2D eigenvalue weighted by Gasteiger charge is 2.36. The number of hydrogen-bond acceptors (Lipinski definition) is 5. The van der Waals surface area contributed by atoms with Gasteiger partial charge in [-0.25, -0.2) is 4.39 Å². The molecular weight excluding hydrogens is 415 g/mol. The Hall–Kier alpha value is -3.42. The van der Waals surface area contributed by atoms with Gasteiger partial charge in [-0.2, -0.15) is 0 Å². The van der Waals surface area contributed by atoms with Crippen LogP contribution >= 0.6 is 0 Å². The van der Waals surface area contributed by atoms with Crippen molar-refractivity contribution in [3.8, 4) is 5.75 Å². The van der Waals surface area contributed by atoms with Crippen molar-refractivity contribution in [2.24, 2.45) is 0 Å². The molecule has 0 unspecified atom stereocenters. The van der Waals surface area contributed by atoms with Gasteiger partial charge in [-0.05, 0) is 43.9 Å². The lowest BCUT2D eigenvalue weighted by Crippen LogP contribution is -2.41. The third-order valence-corrected chi connectivity index (χ3v) is 5.44. The van der Waals surface area contributed by atoms with Crippen molar-refractivity contribution >= 4 is 23.5 Å². The molecule has 170 valence electrons. The minimum absolute atomic E-state index is 0.00321. The normalized spacial score (nSPS) is 15.6. The summed E-state index contributed by atoms with van der Waals surface area (Å²) in [5.41, 5.74) is 1.27. The SMILES string of the molecule is CCOC(=O)CCCc1cccc(O)c1NC(=O)[C@H]1CCC(=O)N1Cc1ccccc1F. The van der Waals surface area contributed by atoms with Crippen LogP contribution in [0, 0.1) is 5.82 Å². The molecule has 32 heavy (non-hydrogen) atoms. The number of ether oxygens (including phenoxy) is 1. The number of nitrogens with one attached hydrogen (secondary N) is 1. The molecule has 3 rings (SSSR count). The largest absolute Gasteiger partial charge is 0.506 e. The molecule has 1 aliphatic heterocycles. The molecule has 8 heteroatoms. The van der Waals surface area contributed by atoms with Crippen LogP contribution in [0.5, 0.6) is 5.75 Å². The van der Waals surface area contributed by atoms with Crippen molar-refractivity contribution in [3.05, 3.63) is 59.4 Å². The Kier molecular flexibility index (Phi) is 7.81. The number of para-hydroxylation sites is 1. The average molecular weight is 442 g/mol. The number of carbonyl (C=O) groups is 3. The van der Waals surface area contributed by atoms with E-state index in [1.807, 2.05) is 0 Å². The quantitative estimate of drug-likeness (QED) is 0.457. The molecule has 1 atom stereocenters. The van der Waals surface area contributed by atoms with Crippen LogP contribution in [-0.2, 0) is 32.1 Å². The summed E-state index contributed by atoms with van der Waals surface area (Å²) in [6, 6.07) is 10.3. The van der Waals surface area contributed by atoms with Crippen LogP contribution in [0.15, 0.2) is 42.5 Å². The van der Waals surface area contributed by atoms with Crippen LogP contribution in [0.4, 0.5) is 10.1 Å². The van der Waals surface area contributed by atoms with Crippen LogP contribution in [0.25, 0.3) is 0 Å². The number of aromatic hydroxyl groups is 1. The maximum atomic E-state index is 14.1. The molecule has 0 spiro atoms. The number of aryl methyl sites for hydroxylation is 1. The summed E-state index contributed by atoms with van der Waals surface area (Å²) < 4.78 is 19.0. The molecule has 0 saturated carbocycles. The highest BCUT2D eigenvalue weighted by Crippen LogP contribution is 2.30. The maximum absolute atomic E-state index is 14.1. The molecule has 2 aromatic carbocycles. The molecule has 2 amide bonds. The number of rotatable bonds is 9. The van der Waals surface area contributed by atoms with E-state index in [1.165, 1.54) is 17.0 Å². The number of phenols is 1. The van der Waals surface area contributed by atoms with Gasteiger partial charge >= 0.3 is 5.97 Å². The lowest BCUT2D eigenvalue weighted by Gasteiger charge is -2.25. The number of amides is 2. The van der Waals surface area contributed by atoms with Crippen LogP contribution < -0.4 is 5.32 Å². The number of anilines is 1. The highest BCUT2D eigenvalue weighted by molar-refractivity contribution is 6.00. The van der Waals surface area contributed by atoms with Gasteiger partial charge in [0.2, 0.25) is 11.8 Å². The van der Waals surface area contributed by atoms with E-state index in [1.54, 1.807) is 37.3 Å². The van der Waals surface area contributed by atoms with Crippen molar-refractivity contribution < 1.29 is 28.6 Å². The topological polar surface area (TPSA) is 95.9 Å². The fraction of sp³-hybridized carbons (Fsp3) is 0.375. The van der Waals surface area contributed by atoms with Gasteiger partial charge in [0, 0.05) is 24.9 Å². The molecule has 7 nitrogen and oxygen atoms in total. The van der Waals surface area contributed by atoms with Crippen molar-refractivity contribution in [2.75, 3.05) is 11.9 Å². The first kappa shape index (κ1) is 23.2.